The van der Waals surface area contributed by atoms with E-state index in [1.807, 2.05) is 35.2 Å². The van der Waals surface area contributed by atoms with Crippen LogP contribution in [0.25, 0.3) is 10.8 Å². The van der Waals surface area contributed by atoms with Crippen molar-refractivity contribution in [2.75, 3.05) is 45.8 Å². The van der Waals surface area contributed by atoms with Crippen LogP contribution in [0.1, 0.15) is 34.8 Å². The maximum atomic E-state index is 13.1. The Morgan fingerprint density at radius 3 is 2.28 bits per heavy atom. The summed E-state index contributed by atoms with van der Waals surface area (Å²) in [5, 5.41) is 5.56. The highest BCUT2D eigenvalue weighted by Crippen LogP contribution is 2.21. The Bertz CT molecular complexity index is 1000. The zero-order valence-corrected chi connectivity index (χ0v) is 19.2. The summed E-state index contributed by atoms with van der Waals surface area (Å²) >= 11 is 0. The lowest BCUT2D eigenvalue weighted by Gasteiger charge is -2.35. The first-order valence-corrected chi connectivity index (χ1v) is 12.0. The van der Waals surface area contributed by atoms with E-state index in [9.17, 15) is 4.79 Å². The lowest BCUT2D eigenvalue weighted by atomic mass is 10.0. The molecule has 1 amide bonds. The van der Waals surface area contributed by atoms with Crippen molar-refractivity contribution in [3.63, 3.8) is 0 Å². The maximum Gasteiger partial charge on any atom is 0.254 e. The summed E-state index contributed by atoms with van der Waals surface area (Å²) in [5.74, 6) is 0.158. The topological polar surface area (TPSA) is 35.6 Å². The first-order chi connectivity index (χ1) is 15.7. The Kier molecular flexibility index (Phi) is 7.92. The zero-order chi connectivity index (χ0) is 22.2. The van der Waals surface area contributed by atoms with Gasteiger partial charge in [-0.3, -0.25) is 9.69 Å². The molecule has 1 saturated heterocycles. The summed E-state index contributed by atoms with van der Waals surface area (Å²) in [6.45, 7) is 8.82. The number of carbonyl (C=O) groups excluding carboxylic acids is 1. The van der Waals surface area contributed by atoms with Gasteiger partial charge in [-0.25, -0.2) is 0 Å². The van der Waals surface area contributed by atoms with Crippen LogP contribution in [0.3, 0.4) is 0 Å². The number of fused-ring (bicyclic) bond motifs is 1. The van der Waals surface area contributed by atoms with Crippen molar-refractivity contribution in [3.8, 4) is 0 Å². The predicted octanol–water partition coefficient (Wildman–Crippen LogP) is 4.38. The molecule has 0 spiro atoms. The molecule has 1 heterocycles. The maximum absolute atomic E-state index is 13.1. The molecule has 4 heteroatoms. The van der Waals surface area contributed by atoms with E-state index in [1.54, 1.807) is 0 Å². The van der Waals surface area contributed by atoms with E-state index >= 15 is 0 Å². The number of nitrogens with zero attached hydrogens (tertiary/aromatic N) is 2. The van der Waals surface area contributed by atoms with Gasteiger partial charge in [-0.1, -0.05) is 67.6 Å². The Morgan fingerprint density at radius 2 is 1.53 bits per heavy atom. The second-order valence-corrected chi connectivity index (χ2v) is 8.68. The van der Waals surface area contributed by atoms with Gasteiger partial charge in [-0.05, 0) is 60.3 Å². The highest BCUT2D eigenvalue weighted by Gasteiger charge is 2.23. The molecule has 0 aromatic heterocycles. The number of benzene rings is 3. The van der Waals surface area contributed by atoms with Crippen molar-refractivity contribution >= 4 is 16.7 Å². The van der Waals surface area contributed by atoms with Crippen LogP contribution in [0.4, 0.5) is 0 Å². The fourth-order valence-corrected chi connectivity index (χ4v) is 4.51. The molecular formula is C28H35N3O. The second-order valence-electron chi connectivity index (χ2n) is 8.68. The number of hydrogen-bond donors (Lipinski definition) is 1. The number of piperazine rings is 1. The average molecular weight is 430 g/mol. The summed E-state index contributed by atoms with van der Waals surface area (Å²) in [6, 6.07) is 23.3. The van der Waals surface area contributed by atoms with Gasteiger partial charge < -0.3 is 10.2 Å². The molecule has 0 atom stereocenters. The highest BCUT2D eigenvalue weighted by atomic mass is 16.2. The first kappa shape index (κ1) is 22.5. The number of rotatable bonds is 9. The summed E-state index contributed by atoms with van der Waals surface area (Å²) in [7, 11) is 0. The quantitative estimate of drug-likeness (QED) is 0.513. The van der Waals surface area contributed by atoms with Crippen LogP contribution in [0.2, 0.25) is 0 Å². The fourth-order valence-electron chi connectivity index (χ4n) is 4.51. The molecule has 0 saturated carbocycles. The van der Waals surface area contributed by atoms with E-state index in [2.05, 4.69) is 53.5 Å². The standard InChI is InChI=1S/C28H35N3O/c1-2-29-17-6-7-23-12-14-24(15-13-23)16-18-30-19-21-31(22-20-30)28(32)27-11-5-9-25-8-3-4-10-26(25)27/h3-5,8-15,29H,2,6-7,16-22H2,1H3. The van der Waals surface area contributed by atoms with E-state index < -0.39 is 0 Å². The van der Waals surface area contributed by atoms with Crippen molar-refractivity contribution in [3.05, 3.63) is 83.4 Å². The van der Waals surface area contributed by atoms with Gasteiger partial charge in [0.1, 0.15) is 0 Å². The van der Waals surface area contributed by atoms with Crippen LogP contribution in [0.15, 0.2) is 66.7 Å². The molecule has 168 valence electrons. The van der Waals surface area contributed by atoms with Crippen molar-refractivity contribution in [1.82, 2.24) is 15.1 Å². The minimum atomic E-state index is 0.158. The van der Waals surface area contributed by atoms with E-state index in [-0.39, 0.29) is 5.91 Å². The number of amides is 1. The second kappa shape index (κ2) is 11.3. The van der Waals surface area contributed by atoms with Gasteiger partial charge in [0.05, 0.1) is 0 Å². The predicted molar refractivity (Wildman–Crippen MR) is 133 cm³/mol. The molecule has 1 aliphatic heterocycles. The number of hydrogen-bond acceptors (Lipinski definition) is 3. The van der Waals surface area contributed by atoms with Gasteiger partial charge in [0.25, 0.3) is 5.91 Å². The van der Waals surface area contributed by atoms with Gasteiger partial charge in [-0.2, -0.15) is 0 Å². The molecule has 1 N–H and O–H groups in total. The largest absolute Gasteiger partial charge is 0.336 e. The van der Waals surface area contributed by atoms with Crippen LogP contribution >= 0.6 is 0 Å². The van der Waals surface area contributed by atoms with Crippen LogP contribution in [0, 0.1) is 0 Å². The average Bonchev–Trinajstić information content (AvgIpc) is 2.85. The summed E-state index contributed by atoms with van der Waals surface area (Å²) in [6.07, 6.45) is 3.39. The number of carbonyl (C=O) groups is 1. The third-order valence-corrected chi connectivity index (χ3v) is 6.49. The monoisotopic (exact) mass is 429 g/mol. The molecule has 3 aromatic rings. The SMILES string of the molecule is CCNCCCc1ccc(CCN2CCN(C(=O)c3cccc4ccccc34)CC2)cc1. The van der Waals surface area contributed by atoms with Gasteiger partial charge in [0.2, 0.25) is 0 Å². The normalized spacial score (nSPS) is 14.7. The van der Waals surface area contributed by atoms with Gasteiger partial charge >= 0.3 is 0 Å². The summed E-state index contributed by atoms with van der Waals surface area (Å²) < 4.78 is 0. The minimum absolute atomic E-state index is 0.158. The van der Waals surface area contributed by atoms with Gasteiger partial charge in [-0.15, -0.1) is 0 Å². The molecule has 0 bridgehead atoms. The fraction of sp³-hybridized carbons (Fsp3) is 0.393. The minimum Gasteiger partial charge on any atom is -0.336 e. The van der Waals surface area contributed by atoms with Gasteiger partial charge in [0.15, 0.2) is 0 Å². The van der Waals surface area contributed by atoms with Crippen LogP contribution in [0.5, 0.6) is 0 Å². The molecule has 0 aliphatic carbocycles. The van der Waals surface area contributed by atoms with Crippen molar-refractivity contribution in [2.24, 2.45) is 0 Å². The van der Waals surface area contributed by atoms with E-state index in [0.717, 1.165) is 75.0 Å². The molecule has 32 heavy (non-hydrogen) atoms. The van der Waals surface area contributed by atoms with E-state index in [4.69, 9.17) is 0 Å². The molecule has 3 aromatic carbocycles. The third kappa shape index (κ3) is 5.76. The van der Waals surface area contributed by atoms with Gasteiger partial charge in [0, 0.05) is 38.3 Å². The third-order valence-electron chi connectivity index (χ3n) is 6.49. The first-order valence-electron chi connectivity index (χ1n) is 12.0. The van der Waals surface area contributed by atoms with Crippen LogP contribution < -0.4 is 5.32 Å². The molecule has 0 unspecified atom stereocenters. The smallest absolute Gasteiger partial charge is 0.254 e. The van der Waals surface area contributed by atoms with Crippen molar-refractivity contribution in [1.29, 1.82) is 0 Å². The molecule has 4 nitrogen and oxygen atoms in total. The van der Waals surface area contributed by atoms with Crippen molar-refractivity contribution < 1.29 is 4.79 Å². The Morgan fingerprint density at radius 1 is 0.844 bits per heavy atom. The van der Waals surface area contributed by atoms with Crippen LogP contribution in [-0.2, 0) is 12.8 Å². The lowest BCUT2D eigenvalue weighted by Crippen LogP contribution is -2.49. The molecule has 4 rings (SSSR count). The zero-order valence-electron chi connectivity index (χ0n) is 19.2. The lowest BCUT2D eigenvalue weighted by molar-refractivity contribution is 0.0640. The number of nitrogens with one attached hydrogen (secondary N) is 1. The molecule has 1 fully saturated rings. The Hall–Kier alpha value is -2.69. The van der Waals surface area contributed by atoms with Crippen molar-refractivity contribution in [2.45, 2.75) is 26.2 Å². The molecular weight excluding hydrogens is 394 g/mol. The van der Waals surface area contributed by atoms with Crippen LogP contribution in [-0.4, -0.2) is 61.5 Å². The highest BCUT2D eigenvalue weighted by molar-refractivity contribution is 6.07. The van der Waals surface area contributed by atoms with E-state index in [0.29, 0.717) is 0 Å². The summed E-state index contributed by atoms with van der Waals surface area (Å²) in [4.78, 5) is 17.6. The molecule has 1 aliphatic rings. The number of aryl methyl sites for hydroxylation is 1. The molecule has 0 radical (unpaired) electrons. The van der Waals surface area contributed by atoms with E-state index in [1.165, 1.54) is 17.5 Å². The Balaban J connectivity index is 1.24. The Labute approximate surface area is 192 Å². The summed E-state index contributed by atoms with van der Waals surface area (Å²) in [5.41, 5.74) is 3.64.